The molecule has 0 saturated heterocycles. The van der Waals surface area contributed by atoms with Crippen LogP contribution in [0.1, 0.15) is 54.3 Å². The molecule has 9 nitrogen and oxygen atoms in total. The van der Waals surface area contributed by atoms with Crippen molar-refractivity contribution in [1.29, 1.82) is 0 Å². The van der Waals surface area contributed by atoms with Gasteiger partial charge in [0.2, 0.25) is 0 Å². The Labute approximate surface area is 191 Å². The monoisotopic (exact) mass is 449 g/mol. The van der Waals surface area contributed by atoms with Gasteiger partial charge in [-0.1, -0.05) is 23.3 Å². The molecule has 0 radical (unpaired) electrons. The zero-order valence-electron chi connectivity index (χ0n) is 18.4. The third-order valence-electron chi connectivity index (χ3n) is 5.93. The lowest BCUT2D eigenvalue weighted by Gasteiger charge is -2.28. The average Bonchev–Trinajstić information content (AvgIpc) is 3.29. The fraction of sp³-hybridized carbons (Fsp3) is 0.333. The maximum Gasteiger partial charge on any atom is 0.320 e. The number of nitrogens with one attached hydrogen (secondary N) is 2. The van der Waals surface area contributed by atoms with Gasteiger partial charge in [0.05, 0.1) is 7.11 Å². The number of carbonyl (C=O) groups is 2. The number of hydrogen-bond donors (Lipinski definition) is 3. The highest BCUT2D eigenvalue weighted by Crippen LogP contribution is 2.37. The third-order valence-corrected chi connectivity index (χ3v) is 5.93. The topological polar surface area (TPSA) is 132 Å². The number of aromatic nitrogens is 2. The van der Waals surface area contributed by atoms with Crippen molar-refractivity contribution in [2.45, 2.75) is 38.0 Å². The van der Waals surface area contributed by atoms with Gasteiger partial charge in [-0.05, 0) is 73.4 Å². The number of ether oxygens (including phenoxy) is 1. The van der Waals surface area contributed by atoms with Crippen molar-refractivity contribution in [2.75, 3.05) is 23.5 Å². The molecule has 4 rings (SSSR count). The number of anilines is 4. The minimum Gasteiger partial charge on any atom is -0.469 e. The molecule has 33 heavy (non-hydrogen) atoms. The molecule has 0 spiro atoms. The van der Waals surface area contributed by atoms with Crippen LogP contribution < -0.4 is 16.4 Å². The molecule has 4 N–H and O–H groups in total. The van der Waals surface area contributed by atoms with Crippen molar-refractivity contribution >= 4 is 35.0 Å². The van der Waals surface area contributed by atoms with Gasteiger partial charge in [-0.15, -0.1) is 5.10 Å². The van der Waals surface area contributed by atoms with Gasteiger partial charge in [-0.25, -0.2) is 0 Å². The van der Waals surface area contributed by atoms with Crippen LogP contribution in [0.25, 0.3) is 0 Å². The summed E-state index contributed by atoms with van der Waals surface area (Å²) >= 11 is 0. The Morgan fingerprint density at radius 1 is 1.06 bits per heavy atom. The number of hydrogen-bond acceptors (Lipinski definition) is 8. The zero-order valence-corrected chi connectivity index (χ0v) is 18.4. The SMILES string of the molecule is COC(=O)CC1CCC(c2ccc(NC(=O)c3nnc(Nc4cccc(N)c4)o3)cc2)CC1. The number of methoxy groups -OCH3 is 1. The molecule has 0 unspecified atom stereocenters. The van der Waals surface area contributed by atoms with Crippen LogP contribution in [0.5, 0.6) is 0 Å². The van der Waals surface area contributed by atoms with Gasteiger partial charge >= 0.3 is 23.8 Å². The molecular formula is C24H27N5O4. The second kappa shape index (κ2) is 10.2. The second-order valence-corrected chi connectivity index (χ2v) is 8.24. The molecule has 0 bridgehead atoms. The van der Waals surface area contributed by atoms with Crippen molar-refractivity contribution in [2.24, 2.45) is 5.92 Å². The number of nitrogens with zero attached hydrogens (tertiary/aromatic N) is 2. The normalized spacial score (nSPS) is 17.8. The first-order valence-corrected chi connectivity index (χ1v) is 10.9. The van der Waals surface area contributed by atoms with Crippen molar-refractivity contribution in [1.82, 2.24) is 10.2 Å². The highest BCUT2D eigenvalue weighted by Gasteiger charge is 2.24. The number of benzene rings is 2. The lowest BCUT2D eigenvalue weighted by Crippen LogP contribution is -2.17. The minimum atomic E-state index is -0.487. The summed E-state index contributed by atoms with van der Waals surface area (Å²) in [6.45, 7) is 0. The number of esters is 1. The first-order valence-electron chi connectivity index (χ1n) is 10.9. The predicted molar refractivity (Wildman–Crippen MR) is 124 cm³/mol. The van der Waals surface area contributed by atoms with E-state index in [4.69, 9.17) is 14.9 Å². The fourth-order valence-corrected chi connectivity index (χ4v) is 4.15. The summed E-state index contributed by atoms with van der Waals surface area (Å²) in [5, 5.41) is 13.3. The Morgan fingerprint density at radius 2 is 1.82 bits per heavy atom. The van der Waals surface area contributed by atoms with Crippen molar-refractivity contribution in [3.63, 3.8) is 0 Å². The zero-order chi connectivity index (χ0) is 23.2. The molecule has 1 amide bonds. The highest BCUT2D eigenvalue weighted by atomic mass is 16.5. The summed E-state index contributed by atoms with van der Waals surface area (Å²) in [4.78, 5) is 24.0. The summed E-state index contributed by atoms with van der Waals surface area (Å²) in [5.41, 5.74) is 8.90. The van der Waals surface area contributed by atoms with Gasteiger partial charge in [0.1, 0.15) is 0 Å². The van der Waals surface area contributed by atoms with E-state index < -0.39 is 5.91 Å². The largest absolute Gasteiger partial charge is 0.469 e. The van der Waals surface area contributed by atoms with Crippen LogP contribution in [-0.4, -0.2) is 29.2 Å². The second-order valence-electron chi connectivity index (χ2n) is 8.24. The Balaban J connectivity index is 1.30. The minimum absolute atomic E-state index is 0.101. The quantitative estimate of drug-likeness (QED) is 0.355. The van der Waals surface area contributed by atoms with Crippen molar-refractivity contribution in [3.05, 3.63) is 60.0 Å². The van der Waals surface area contributed by atoms with E-state index in [2.05, 4.69) is 20.8 Å². The molecule has 3 aromatic rings. The van der Waals surface area contributed by atoms with E-state index in [1.807, 2.05) is 24.3 Å². The number of rotatable bonds is 7. The highest BCUT2D eigenvalue weighted by molar-refractivity contribution is 6.00. The summed E-state index contributed by atoms with van der Waals surface area (Å²) in [6, 6.07) is 15.0. The van der Waals surface area contributed by atoms with E-state index in [0.29, 0.717) is 35.3 Å². The number of amides is 1. The lowest BCUT2D eigenvalue weighted by molar-refractivity contribution is -0.142. The van der Waals surface area contributed by atoms with E-state index in [1.165, 1.54) is 12.7 Å². The number of nitrogens with two attached hydrogens (primary N) is 1. The van der Waals surface area contributed by atoms with E-state index in [-0.39, 0.29) is 17.9 Å². The maximum absolute atomic E-state index is 12.5. The molecule has 1 heterocycles. The van der Waals surface area contributed by atoms with Crippen LogP contribution in [0.2, 0.25) is 0 Å². The third kappa shape index (κ3) is 5.88. The van der Waals surface area contributed by atoms with E-state index in [0.717, 1.165) is 25.7 Å². The molecule has 2 aromatic carbocycles. The summed E-state index contributed by atoms with van der Waals surface area (Å²) in [6.07, 6.45) is 4.61. The molecule has 1 aliphatic carbocycles. The Morgan fingerprint density at radius 3 is 2.52 bits per heavy atom. The van der Waals surface area contributed by atoms with E-state index in [9.17, 15) is 9.59 Å². The molecule has 1 aromatic heterocycles. The summed E-state index contributed by atoms with van der Waals surface area (Å²) in [7, 11) is 1.43. The standard InChI is InChI=1S/C24H27N5O4/c1-32-21(30)13-15-5-7-16(8-6-15)17-9-11-19(12-10-17)26-22(31)23-28-29-24(33-23)27-20-4-2-3-18(25)14-20/h2-4,9-12,14-16H,5-8,13,25H2,1H3,(H,26,31)(H,27,29). The van der Waals surface area contributed by atoms with Gasteiger partial charge in [0.15, 0.2) is 0 Å². The van der Waals surface area contributed by atoms with Crippen molar-refractivity contribution < 1.29 is 18.7 Å². The first-order chi connectivity index (χ1) is 16.0. The van der Waals surface area contributed by atoms with Gasteiger partial charge in [-0.2, -0.15) is 0 Å². The molecule has 1 fully saturated rings. The predicted octanol–water partition coefficient (Wildman–Crippen LogP) is 4.48. The van der Waals surface area contributed by atoms with Gasteiger partial charge in [-0.3, -0.25) is 9.59 Å². The maximum atomic E-state index is 12.5. The van der Waals surface area contributed by atoms with E-state index >= 15 is 0 Å². The molecular weight excluding hydrogens is 422 g/mol. The smallest absolute Gasteiger partial charge is 0.320 e. The Hall–Kier alpha value is -3.88. The van der Waals surface area contributed by atoms with Crippen LogP contribution >= 0.6 is 0 Å². The summed E-state index contributed by atoms with van der Waals surface area (Å²) in [5.74, 6) is 0.0987. The number of carbonyl (C=O) groups excluding carboxylic acids is 2. The van der Waals surface area contributed by atoms with Crippen LogP contribution in [0.3, 0.4) is 0 Å². The fourth-order valence-electron chi connectivity index (χ4n) is 4.15. The summed E-state index contributed by atoms with van der Waals surface area (Å²) < 4.78 is 10.2. The number of nitrogen functional groups attached to an aromatic ring is 1. The van der Waals surface area contributed by atoms with Gasteiger partial charge in [0, 0.05) is 23.5 Å². The molecule has 9 heteroatoms. The molecule has 172 valence electrons. The van der Waals surface area contributed by atoms with Crippen LogP contribution in [-0.2, 0) is 9.53 Å². The molecule has 0 atom stereocenters. The molecule has 1 saturated carbocycles. The molecule has 0 aliphatic heterocycles. The lowest BCUT2D eigenvalue weighted by atomic mass is 9.77. The average molecular weight is 450 g/mol. The first kappa shape index (κ1) is 22.3. The Kier molecular flexibility index (Phi) is 6.87. The van der Waals surface area contributed by atoms with E-state index in [1.54, 1.807) is 24.3 Å². The Bertz CT molecular complexity index is 1100. The van der Waals surface area contributed by atoms with Gasteiger partial charge in [0.25, 0.3) is 0 Å². The van der Waals surface area contributed by atoms with Crippen LogP contribution in [0.15, 0.2) is 52.9 Å². The van der Waals surface area contributed by atoms with Crippen molar-refractivity contribution in [3.8, 4) is 0 Å². The van der Waals surface area contributed by atoms with Crippen LogP contribution in [0.4, 0.5) is 23.1 Å². The van der Waals surface area contributed by atoms with Gasteiger partial charge < -0.3 is 25.5 Å². The van der Waals surface area contributed by atoms with Crippen LogP contribution in [0, 0.1) is 5.92 Å². The molecule has 1 aliphatic rings.